The Kier molecular flexibility index (Phi) is 4.59. The van der Waals surface area contributed by atoms with Gasteiger partial charge < -0.3 is 19.9 Å². The highest BCUT2D eigenvalue weighted by Crippen LogP contribution is 2.35. The quantitative estimate of drug-likeness (QED) is 0.225. The van der Waals surface area contributed by atoms with E-state index in [-0.39, 0.29) is 38.5 Å². The number of esters is 2. The third-order valence-electron chi connectivity index (χ3n) is 4.67. The van der Waals surface area contributed by atoms with Gasteiger partial charge in [0.25, 0.3) is 0 Å². The van der Waals surface area contributed by atoms with E-state index in [4.69, 9.17) is 0 Å². The number of methoxy groups -OCH3 is 2. The molecule has 2 aliphatic rings. The van der Waals surface area contributed by atoms with E-state index in [2.05, 4.69) is 9.47 Å². The smallest absolute Gasteiger partial charge is 0.395 e. The van der Waals surface area contributed by atoms with E-state index in [9.17, 15) is 29.6 Å². The summed E-state index contributed by atoms with van der Waals surface area (Å²) in [5, 5.41) is 25.4. The van der Waals surface area contributed by atoms with Crippen molar-refractivity contribution in [2.24, 2.45) is 0 Å². The largest absolute Gasteiger partial charge is 0.566 e. The second-order valence-electron chi connectivity index (χ2n) is 5.80. The number of carbonyl (C=O) groups is 4. The molecule has 0 aromatic carbocycles. The van der Waals surface area contributed by atoms with Gasteiger partial charge in [-0.1, -0.05) is 0 Å². The van der Waals surface area contributed by atoms with Crippen molar-refractivity contribution in [3.05, 3.63) is 10.4 Å². The molecular formula is C14H18N2O8. The van der Waals surface area contributed by atoms with Crippen molar-refractivity contribution in [2.45, 2.75) is 49.6 Å². The number of azo groups is 1. The molecule has 2 fully saturated rings. The Labute approximate surface area is 137 Å². The maximum atomic E-state index is 12.7. The summed E-state index contributed by atoms with van der Waals surface area (Å²) in [5.41, 5.74) is -4.75. The Hall–Kier alpha value is -2.52. The number of nitrogens with zero attached hydrogens (tertiary/aromatic N) is 2. The second kappa shape index (κ2) is 6.17. The number of hydrogen-bond donors (Lipinski definition) is 0. The third-order valence-corrected chi connectivity index (χ3v) is 4.67. The molecule has 10 nitrogen and oxygen atoms in total. The van der Waals surface area contributed by atoms with Gasteiger partial charge in [-0.25, -0.2) is 9.59 Å². The summed E-state index contributed by atoms with van der Waals surface area (Å²) < 4.78 is 9.04. The van der Waals surface area contributed by atoms with Gasteiger partial charge in [-0.15, -0.1) is 0 Å². The maximum Gasteiger partial charge on any atom is 0.395 e. The summed E-state index contributed by atoms with van der Waals surface area (Å²) in [5.74, 6) is -3.94. The van der Waals surface area contributed by atoms with Crippen LogP contribution >= 0.6 is 0 Å². The van der Waals surface area contributed by atoms with Crippen LogP contribution in [0.5, 0.6) is 0 Å². The SMILES string of the molecule is COC(=O)C1(/[N+]([O-])=[N+](\[O-])C2(C(=O)OC)CCCC2=O)CCCC1=O. The normalized spacial score (nSPS) is 30.9. The van der Waals surface area contributed by atoms with Crippen LogP contribution in [-0.2, 0) is 28.7 Å². The topological polar surface area (TPSA) is 139 Å². The second-order valence-corrected chi connectivity index (χ2v) is 5.80. The molecule has 0 aliphatic heterocycles. The molecule has 0 aromatic heterocycles. The molecule has 0 radical (unpaired) electrons. The van der Waals surface area contributed by atoms with Gasteiger partial charge >= 0.3 is 23.0 Å². The number of hydrogen-bond acceptors (Lipinski definition) is 8. The van der Waals surface area contributed by atoms with Crippen LogP contribution in [0.1, 0.15) is 38.5 Å². The fourth-order valence-electron chi connectivity index (χ4n) is 3.34. The van der Waals surface area contributed by atoms with Gasteiger partial charge in [0.05, 0.1) is 23.9 Å². The van der Waals surface area contributed by atoms with E-state index in [1.807, 2.05) is 0 Å². The zero-order valence-electron chi connectivity index (χ0n) is 13.4. The molecule has 0 heterocycles. The minimum absolute atomic E-state index is 0.0825. The van der Waals surface area contributed by atoms with Crippen molar-refractivity contribution in [3.8, 4) is 0 Å². The van der Waals surface area contributed by atoms with Crippen LogP contribution in [0.25, 0.3) is 0 Å². The molecule has 2 saturated carbocycles. The van der Waals surface area contributed by atoms with Crippen LogP contribution in [0, 0.1) is 10.4 Å². The van der Waals surface area contributed by atoms with Crippen LogP contribution in [0.4, 0.5) is 0 Å². The highest BCUT2D eigenvalue weighted by atomic mass is 16.6. The van der Waals surface area contributed by atoms with E-state index in [1.54, 1.807) is 0 Å². The first kappa shape index (κ1) is 17.8. The standard InChI is InChI=1S/C14H18N2O8/c1-23-11(19)13(7-3-5-9(13)17)15(21)16(22)14(12(20)24-2)8-4-6-10(14)18/h3-8H2,1-2H3/b16-15+. The molecular weight excluding hydrogens is 324 g/mol. The van der Waals surface area contributed by atoms with Gasteiger partial charge in [0.1, 0.15) is 0 Å². The first-order valence-corrected chi connectivity index (χ1v) is 7.47. The number of hydroxylamine groups is 2. The molecule has 0 amide bonds. The number of carbonyl (C=O) groups excluding carboxylic acids is 4. The zero-order valence-corrected chi connectivity index (χ0v) is 13.4. The number of ketones is 2. The Morgan fingerprint density at radius 2 is 1.21 bits per heavy atom. The van der Waals surface area contributed by atoms with E-state index >= 15 is 0 Å². The monoisotopic (exact) mass is 342 g/mol. The predicted octanol–water partition coefficient (Wildman–Crippen LogP) is -0.211. The third kappa shape index (κ3) is 2.16. The highest BCUT2D eigenvalue weighted by Gasteiger charge is 2.69. The first-order valence-electron chi connectivity index (χ1n) is 7.47. The average molecular weight is 342 g/mol. The minimum Gasteiger partial charge on any atom is -0.566 e. The van der Waals surface area contributed by atoms with Crippen molar-refractivity contribution < 1.29 is 38.4 Å². The van der Waals surface area contributed by atoms with Gasteiger partial charge in [0.15, 0.2) is 0 Å². The Balaban J connectivity index is 2.67. The lowest BCUT2D eigenvalue weighted by molar-refractivity contribution is -1.00. The summed E-state index contributed by atoms with van der Waals surface area (Å²) in [6, 6.07) is 0. The molecule has 2 aliphatic carbocycles. The molecule has 10 heteroatoms. The summed E-state index contributed by atoms with van der Waals surface area (Å²) in [7, 11) is 1.96. The maximum absolute atomic E-state index is 12.7. The molecule has 2 unspecified atom stereocenters. The van der Waals surface area contributed by atoms with Crippen molar-refractivity contribution in [1.82, 2.24) is 0 Å². The van der Waals surface area contributed by atoms with Gasteiger partial charge in [-0.2, -0.15) is 0 Å². The van der Waals surface area contributed by atoms with E-state index < -0.39 is 44.3 Å². The van der Waals surface area contributed by atoms with Crippen LogP contribution < -0.4 is 0 Å². The van der Waals surface area contributed by atoms with Crippen LogP contribution in [0.3, 0.4) is 0 Å². The number of ether oxygens (including phenoxy) is 2. The first-order chi connectivity index (χ1) is 11.3. The van der Waals surface area contributed by atoms with Crippen LogP contribution in [0.15, 0.2) is 0 Å². The van der Waals surface area contributed by atoms with Crippen molar-refractivity contribution in [1.29, 1.82) is 0 Å². The van der Waals surface area contributed by atoms with Crippen LogP contribution in [0.2, 0.25) is 0 Å². The van der Waals surface area contributed by atoms with E-state index in [0.717, 1.165) is 14.2 Å². The number of rotatable bonds is 4. The van der Waals surface area contributed by atoms with Gasteiger partial charge in [-0.05, 0) is 12.8 Å². The van der Waals surface area contributed by atoms with E-state index in [0.29, 0.717) is 0 Å². The summed E-state index contributed by atoms with van der Waals surface area (Å²) in [4.78, 5) is 47.7. The summed E-state index contributed by atoms with van der Waals surface area (Å²) >= 11 is 0. The van der Waals surface area contributed by atoms with Crippen molar-refractivity contribution in [3.63, 3.8) is 0 Å². The van der Waals surface area contributed by atoms with Crippen LogP contribution in [-0.4, -0.2) is 58.5 Å². The Bertz CT molecular complexity index is 589. The molecule has 2 rings (SSSR count). The van der Waals surface area contributed by atoms with E-state index in [1.165, 1.54) is 0 Å². The molecule has 0 N–H and O–H groups in total. The fourth-order valence-corrected chi connectivity index (χ4v) is 3.34. The molecule has 0 aromatic rings. The number of Topliss-reactive ketones (excluding diaryl/α,β-unsaturated/α-hetero) is 2. The Morgan fingerprint density at radius 3 is 1.42 bits per heavy atom. The molecule has 2 atom stereocenters. The lowest BCUT2D eigenvalue weighted by Gasteiger charge is -2.24. The zero-order chi connectivity index (χ0) is 18.1. The lowest BCUT2D eigenvalue weighted by atomic mass is 9.96. The van der Waals surface area contributed by atoms with Gasteiger partial charge in [0, 0.05) is 25.7 Å². The summed E-state index contributed by atoms with van der Waals surface area (Å²) in [6.07, 6.45) is -0.209. The van der Waals surface area contributed by atoms with Crippen molar-refractivity contribution >= 4 is 23.5 Å². The van der Waals surface area contributed by atoms with Gasteiger partial charge in [-0.3, -0.25) is 9.59 Å². The molecule has 24 heavy (non-hydrogen) atoms. The fraction of sp³-hybridized carbons (Fsp3) is 0.714. The molecule has 0 saturated heterocycles. The molecule has 132 valence electrons. The average Bonchev–Trinajstić information content (AvgIpc) is 3.16. The lowest BCUT2D eigenvalue weighted by Crippen LogP contribution is -2.60. The Morgan fingerprint density at radius 1 is 0.875 bits per heavy atom. The summed E-state index contributed by atoms with van der Waals surface area (Å²) in [6.45, 7) is 0. The highest BCUT2D eigenvalue weighted by molar-refractivity contribution is 6.09. The predicted molar refractivity (Wildman–Crippen MR) is 74.5 cm³/mol. The van der Waals surface area contributed by atoms with Gasteiger partial charge in [0.2, 0.25) is 11.6 Å². The van der Waals surface area contributed by atoms with Crippen molar-refractivity contribution in [2.75, 3.05) is 14.2 Å². The molecule has 0 spiro atoms. The molecule has 0 bridgehead atoms. The minimum atomic E-state index is -2.37.